The molecule has 0 amide bonds. The molecule has 0 bridgehead atoms. The van der Waals surface area contributed by atoms with Crippen LogP contribution in [-0.2, 0) is 28.6 Å². The number of unbranched alkanes of at least 4 members (excludes halogenated alkanes) is 20. The van der Waals surface area contributed by atoms with E-state index in [0.29, 0.717) is 19.3 Å². The lowest BCUT2D eigenvalue weighted by molar-refractivity contribution is -0.166. The van der Waals surface area contributed by atoms with Crippen LogP contribution in [0.25, 0.3) is 0 Å². The Balaban J connectivity index is 4.53. The first-order chi connectivity index (χ1) is 32.0. The molecule has 0 fully saturated rings. The lowest BCUT2D eigenvalue weighted by Crippen LogP contribution is -2.30. The minimum Gasteiger partial charge on any atom is -0.462 e. The highest BCUT2D eigenvalue weighted by Gasteiger charge is 2.19. The fraction of sp³-hybridized carbons (Fsp3) is 0.678. The van der Waals surface area contributed by atoms with Crippen molar-refractivity contribution in [1.82, 2.24) is 0 Å². The molecule has 65 heavy (non-hydrogen) atoms. The van der Waals surface area contributed by atoms with Gasteiger partial charge in [0.15, 0.2) is 6.10 Å². The average Bonchev–Trinajstić information content (AvgIpc) is 3.30. The summed E-state index contributed by atoms with van der Waals surface area (Å²) in [6, 6.07) is 0. The first-order valence-electron chi connectivity index (χ1n) is 26.7. The molecule has 0 aliphatic rings. The first-order valence-corrected chi connectivity index (χ1v) is 26.7. The second kappa shape index (κ2) is 52.9. The van der Waals surface area contributed by atoms with E-state index in [4.69, 9.17) is 14.2 Å². The summed E-state index contributed by atoms with van der Waals surface area (Å²) in [6.07, 6.45) is 69.7. The van der Waals surface area contributed by atoms with Gasteiger partial charge >= 0.3 is 17.9 Å². The SMILES string of the molecule is CC/C=C\C/C=C\C/C=C\CCCCCCCC(=O)OC[C@H](COC(=O)CCCCCCCCCCCCCCC)OC(=O)CC/C=C\C/C=C\C/C=C\C/C=C\C/C=C\CCCCC. The molecular weight excluding hydrogens is 805 g/mol. The van der Waals surface area contributed by atoms with E-state index in [1.165, 1.54) is 89.9 Å². The summed E-state index contributed by atoms with van der Waals surface area (Å²) >= 11 is 0. The number of ether oxygens (including phenoxy) is 3. The van der Waals surface area contributed by atoms with Crippen molar-refractivity contribution in [1.29, 1.82) is 0 Å². The predicted molar refractivity (Wildman–Crippen MR) is 279 cm³/mol. The zero-order valence-electron chi connectivity index (χ0n) is 42.2. The molecule has 1 atom stereocenters. The van der Waals surface area contributed by atoms with E-state index in [2.05, 4.69) is 112 Å². The number of esters is 3. The van der Waals surface area contributed by atoms with Crippen molar-refractivity contribution >= 4 is 17.9 Å². The highest BCUT2D eigenvalue weighted by molar-refractivity contribution is 5.71. The molecule has 370 valence electrons. The predicted octanol–water partition coefficient (Wildman–Crippen LogP) is 17.8. The van der Waals surface area contributed by atoms with E-state index < -0.39 is 12.1 Å². The summed E-state index contributed by atoms with van der Waals surface area (Å²) in [4.78, 5) is 38.0. The fourth-order valence-electron chi connectivity index (χ4n) is 7.09. The van der Waals surface area contributed by atoms with Gasteiger partial charge in [0, 0.05) is 19.3 Å². The van der Waals surface area contributed by atoms with Crippen molar-refractivity contribution in [3.05, 3.63) is 97.2 Å². The summed E-state index contributed by atoms with van der Waals surface area (Å²) in [5, 5.41) is 0. The second-order valence-corrected chi connectivity index (χ2v) is 17.4. The normalized spacial score (nSPS) is 12.8. The van der Waals surface area contributed by atoms with Crippen LogP contribution in [-0.4, -0.2) is 37.2 Å². The summed E-state index contributed by atoms with van der Waals surface area (Å²) in [5.41, 5.74) is 0. The Labute approximate surface area is 400 Å². The zero-order valence-corrected chi connectivity index (χ0v) is 42.2. The summed E-state index contributed by atoms with van der Waals surface area (Å²) in [5.74, 6) is -1.01. The largest absolute Gasteiger partial charge is 0.462 e. The maximum Gasteiger partial charge on any atom is 0.306 e. The molecule has 0 rings (SSSR count). The van der Waals surface area contributed by atoms with Gasteiger partial charge in [0.25, 0.3) is 0 Å². The quantitative estimate of drug-likeness (QED) is 0.0262. The van der Waals surface area contributed by atoms with E-state index in [0.717, 1.165) is 103 Å². The van der Waals surface area contributed by atoms with Crippen LogP contribution in [0.3, 0.4) is 0 Å². The van der Waals surface area contributed by atoms with Crippen molar-refractivity contribution < 1.29 is 28.6 Å². The molecule has 0 heterocycles. The monoisotopic (exact) mass is 903 g/mol. The third kappa shape index (κ3) is 51.2. The third-order valence-corrected chi connectivity index (χ3v) is 11.1. The highest BCUT2D eigenvalue weighted by Crippen LogP contribution is 2.14. The standard InChI is InChI=1S/C59H98O6/c1-4-7-10-13-16-19-22-25-27-28-29-30-32-35-38-41-44-47-50-53-59(62)65-56(54-63-57(60)51-48-45-42-39-36-33-24-21-18-15-12-9-6-3)55-64-58(61)52-49-46-43-40-37-34-31-26-23-20-17-14-11-8-5-2/h8,11,16-17,19-20,25-27,29-31,35,38,44,47,56H,4-7,9-10,12-15,18,21-24,28,32-34,36-37,39-43,45-46,48-55H2,1-3H3/b11-8-,19-16-,20-17-,27-25-,30-29-,31-26-,38-35-,47-44-/t56-/m0/s1. The lowest BCUT2D eigenvalue weighted by atomic mass is 10.0. The van der Waals surface area contributed by atoms with Crippen molar-refractivity contribution in [2.24, 2.45) is 0 Å². The Morgan fingerprint density at radius 2 is 0.631 bits per heavy atom. The highest BCUT2D eigenvalue weighted by atomic mass is 16.6. The van der Waals surface area contributed by atoms with Gasteiger partial charge in [0.2, 0.25) is 0 Å². The molecule has 0 saturated heterocycles. The van der Waals surface area contributed by atoms with Gasteiger partial charge in [-0.1, -0.05) is 227 Å². The van der Waals surface area contributed by atoms with Crippen LogP contribution in [0.2, 0.25) is 0 Å². The van der Waals surface area contributed by atoms with Gasteiger partial charge in [0.1, 0.15) is 13.2 Å². The van der Waals surface area contributed by atoms with E-state index in [1.807, 2.05) is 6.08 Å². The van der Waals surface area contributed by atoms with E-state index in [-0.39, 0.29) is 31.6 Å². The maximum absolute atomic E-state index is 12.8. The number of rotatable bonds is 47. The summed E-state index contributed by atoms with van der Waals surface area (Å²) in [6.45, 7) is 6.42. The van der Waals surface area contributed by atoms with E-state index in [1.54, 1.807) is 0 Å². The van der Waals surface area contributed by atoms with Gasteiger partial charge in [-0.25, -0.2) is 0 Å². The molecule has 0 aromatic rings. The molecule has 0 spiro atoms. The van der Waals surface area contributed by atoms with E-state index in [9.17, 15) is 14.4 Å². The molecule has 0 saturated carbocycles. The van der Waals surface area contributed by atoms with Crippen molar-refractivity contribution in [2.45, 2.75) is 245 Å². The van der Waals surface area contributed by atoms with Crippen LogP contribution in [0.5, 0.6) is 0 Å². The molecule has 0 aromatic carbocycles. The van der Waals surface area contributed by atoms with Crippen molar-refractivity contribution in [2.75, 3.05) is 13.2 Å². The fourth-order valence-corrected chi connectivity index (χ4v) is 7.09. The topological polar surface area (TPSA) is 78.9 Å². The molecule has 0 N–H and O–H groups in total. The smallest absolute Gasteiger partial charge is 0.306 e. The third-order valence-electron chi connectivity index (χ3n) is 11.1. The molecule has 0 aliphatic heterocycles. The van der Waals surface area contributed by atoms with Gasteiger partial charge in [-0.15, -0.1) is 0 Å². The Hall–Kier alpha value is -3.67. The Morgan fingerprint density at radius 3 is 1.03 bits per heavy atom. The molecule has 0 aromatic heterocycles. The van der Waals surface area contributed by atoms with Gasteiger partial charge in [-0.05, 0) is 89.9 Å². The van der Waals surface area contributed by atoms with Crippen molar-refractivity contribution in [3.8, 4) is 0 Å². The second-order valence-electron chi connectivity index (χ2n) is 17.4. The molecule has 0 radical (unpaired) electrons. The molecule has 6 nitrogen and oxygen atoms in total. The molecular formula is C59H98O6. The average molecular weight is 903 g/mol. The van der Waals surface area contributed by atoms with Gasteiger partial charge in [-0.2, -0.15) is 0 Å². The van der Waals surface area contributed by atoms with Crippen molar-refractivity contribution in [3.63, 3.8) is 0 Å². The molecule has 0 unspecified atom stereocenters. The van der Waals surface area contributed by atoms with Crippen LogP contribution in [0.1, 0.15) is 239 Å². The van der Waals surface area contributed by atoms with Gasteiger partial charge in [0.05, 0.1) is 0 Å². The minimum absolute atomic E-state index is 0.112. The number of hydrogen-bond donors (Lipinski definition) is 0. The maximum atomic E-state index is 12.8. The van der Waals surface area contributed by atoms with Crippen LogP contribution < -0.4 is 0 Å². The van der Waals surface area contributed by atoms with Crippen LogP contribution >= 0.6 is 0 Å². The zero-order chi connectivity index (χ0) is 47.2. The summed E-state index contributed by atoms with van der Waals surface area (Å²) < 4.78 is 16.7. The van der Waals surface area contributed by atoms with E-state index >= 15 is 0 Å². The van der Waals surface area contributed by atoms with Crippen LogP contribution in [0.4, 0.5) is 0 Å². The molecule has 0 aliphatic carbocycles. The minimum atomic E-state index is -0.823. The Morgan fingerprint density at radius 1 is 0.323 bits per heavy atom. The van der Waals surface area contributed by atoms with Crippen LogP contribution in [0.15, 0.2) is 97.2 Å². The lowest BCUT2D eigenvalue weighted by Gasteiger charge is -2.18. The Bertz CT molecular complexity index is 1310. The van der Waals surface area contributed by atoms with Gasteiger partial charge in [-0.3, -0.25) is 14.4 Å². The Kier molecular flexibility index (Phi) is 50.0. The van der Waals surface area contributed by atoms with Gasteiger partial charge < -0.3 is 14.2 Å². The first kappa shape index (κ1) is 61.3. The molecule has 6 heteroatoms. The number of allylic oxidation sites excluding steroid dienone is 16. The number of hydrogen-bond acceptors (Lipinski definition) is 6. The van der Waals surface area contributed by atoms with Crippen LogP contribution in [0, 0.1) is 0 Å². The number of carbonyl (C=O) groups is 3. The number of carbonyl (C=O) groups excluding carboxylic acids is 3. The summed E-state index contributed by atoms with van der Waals surface area (Å²) in [7, 11) is 0.